The Morgan fingerprint density at radius 3 is 2.42 bits per heavy atom. The van der Waals surface area contributed by atoms with Gasteiger partial charge in [-0.3, -0.25) is 14.6 Å². The maximum Gasteiger partial charge on any atom is 0.355 e. The van der Waals surface area contributed by atoms with Gasteiger partial charge in [0.2, 0.25) is 0 Å². The summed E-state index contributed by atoms with van der Waals surface area (Å²) in [5.74, 6) is 0.134. The first-order valence-corrected chi connectivity index (χ1v) is 9.05. The quantitative estimate of drug-likeness (QED) is 0.795. The Bertz CT molecular complexity index is 724. The molecule has 0 radical (unpaired) electrons. The van der Waals surface area contributed by atoms with Gasteiger partial charge in [0.25, 0.3) is 5.91 Å². The van der Waals surface area contributed by atoms with E-state index in [0.29, 0.717) is 34.9 Å². The monoisotopic (exact) mass is 337 g/mol. The van der Waals surface area contributed by atoms with Gasteiger partial charge in [0, 0.05) is 44.0 Å². The van der Waals surface area contributed by atoms with Crippen LogP contribution in [0.2, 0.25) is 0 Å². The second-order valence-electron chi connectivity index (χ2n) is 6.16. The SMILES string of the molecule is CN([C](=O)[AlH2])C1CN(C(=O)c2ccncc2)CC1c1ccccc1. The number of hydrogen-bond acceptors (Lipinski definition) is 3. The third-order valence-corrected chi connectivity index (χ3v) is 5.43. The minimum Gasteiger partial charge on any atom is -0.357 e. The van der Waals surface area contributed by atoms with Crippen LogP contribution >= 0.6 is 0 Å². The van der Waals surface area contributed by atoms with Crippen LogP contribution in [0, 0.1) is 0 Å². The average Bonchev–Trinajstić information content (AvgIpc) is 3.07. The lowest BCUT2D eigenvalue weighted by Gasteiger charge is -2.29. The van der Waals surface area contributed by atoms with Gasteiger partial charge in [0.05, 0.1) is 6.04 Å². The lowest BCUT2D eigenvalue weighted by Crippen LogP contribution is -2.41. The van der Waals surface area contributed by atoms with E-state index in [1.165, 1.54) is 5.56 Å². The van der Waals surface area contributed by atoms with Crippen molar-refractivity contribution in [3.05, 3.63) is 66.0 Å². The van der Waals surface area contributed by atoms with Gasteiger partial charge in [0.15, 0.2) is 0 Å². The van der Waals surface area contributed by atoms with Gasteiger partial charge in [-0.25, -0.2) is 0 Å². The van der Waals surface area contributed by atoms with E-state index in [0.717, 1.165) is 0 Å². The summed E-state index contributed by atoms with van der Waals surface area (Å²) >= 11 is 0.482. The van der Waals surface area contributed by atoms with E-state index in [4.69, 9.17) is 0 Å². The molecule has 24 heavy (non-hydrogen) atoms. The van der Waals surface area contributed by atoms with E-state index >= 15 is 0 Å². The van der Waals surface area contributed by atoms with Gasteiger partial charge in [-0.05, 0) is 17.7 Å². The van der Waals surface area contributed by atoms with Crippen molar-refractivity contribution in [2.24, 2.45) is 0 Å². The molecule has 2 amide bonds. The molecule has 3 rings (SSSR count). The smallest absolute Gasteiger partial charge is 0.355 e. The highest BCUT2D eigenvalue weighted by molar-refractivity contribution is 6.56. The van der Waals surface area contributed by atoms with Crippen molar-refractivity contribution in [1.82, 2.24) is 14.8 Å². The summed E-state index contributed by atoms with van der Waals surface area (Å²) in [4.78, 5) is 32.3. The van der Waals surface area contributed by atoms with E-state index < -0.39 is 0 Å². The normalized spacial score (nSPS) is 20.0. The summed E-state index contributed by atoms with van der Waals surface area (Å²) in [6, 6.07) is 13.6. The van der Waals surface area contributed by atoms with Gasteiger partial charge in [-0.2, -0.15) is 0 Å². The fourth-order valence-corrected chi connectivity index (χ4v) is 3.61. The van der Waals surface area contributed by atoms with Crippen molar-refractivity contribution in [3.63, 3.8) is 0 Å². The van der Waals surface area contributed by atoms with Gasteiger partial charge in [0.1, 0.15) is 4.77 Å². The number of likely N-dealkylation sites (N-methyl/N-ethyl adjacent to an activating group) is 1. The van der Waals surface area contributed by atoms with Crippen LogP contribution < -0.4 is 0 Å². The predicted octanol–water partition coefficient (Wildman–Crippen LogP) is 1.37. The van der Waals surface area contributed by atoms with E-state index in [9.17, 15) is 9.59 Å². The zero-order chi connectivity index (χ0) is 17.1. The predicted molar refractivity (Wildman–Crippen MR) is 94.8 cm³/mol. The second kappa shape index (κ2) is 7.17. The first-order valence-electron chi connectivity index (χ1n) is 8.05. The molecule has 0 spiro atoms. The van der Waals surface area contributed by atoms with Crippen LogP contribution in [0.5, 0.6) is 0 Å². The van der Waals surface area contributed by atoms with Gasteiger partial charge in [-0.15, -0.1) is 0 Å². The second-order valence-corrected chi connectivity index (χ2v) is 7.02. The molecule has 0 saturated carbocycles. The Morgan fingerprint density at radius 1 is 1.12 bits per heavy atom. The van der Waals surface area contributed by atoms with Crippen molar-refractivity contribution < 1.29 is 9.59 Å². The molecule has 1 aromatic heterocycles. The maximum atomic E-state index is 12.8. The molecule has 0 N–H and O–H groups in total. The number of rotatable bonds is 3. The maximum absolute atomic E-state index is 12.8. The number of hydrogen-bond donors (Lipinski definition) is 0. The van der Waals surface area contributed by atoms with E-state index in [1.54, 1.807) is 24.5 Å². The first kappa shape index (κ1) is 16.7. The standard InChI is InChI=1S/C18H18N3O2.Al.2H/c1-20(13-22)17-12-21(18(23)15-7-9-19-10-8-15)11-16(17)14-5-3-2-4-6-14;;;/h2-10,16-17H,11-12H2,1H3;;;. The molecule has 0 aliphatic carbocycles. The van der Waals surface area contributed by atoms with Gasteiger partial charge >= 0.3 is 16.3 Å². The minimum atomic E-state index is -0.00460. The summed E-state index contributed by atoms with van der Waals surface area (Å²) in [6.45, 7) is 1.18. The van der Waals surface area contributed by atoms with Crippen molar-refractivity contribution in [2.75, 3.05) is 20.1 Å². The molecular formula is C18H20AlN3O2. The molecule has 1 aliphatic heterocycles. The molecule has 2 aromatic rings. The Balaban J connectivity index is 1.87. The minimum absolute atomic E-state index is 0.00460. The fourth-order valence-electron chi connectivity index (χ4n) is 3.28. The molecule has 1 saturated heterocycles. The number of aromatic nitrogens is 1. The summed E-state index contributed by atoms with van der Waals surface area (Å²) in [5, 5.41) is 0. The van der Waals surface area contributed by atoms with Crippen molar-refractivity contribution >= 4 is 27.0 Å². The summed E-state index contributed by atoms with van der Waals surface area (Å²) in [6.07, 6.45) is 3.26. The summed E-state index contributed by atoms with van der Waals surface area (Å²) in [7, 11) is 1.84. The Morgan fingerprint density at radius 2 is 1.79 bits per heavy atom. The number of carbonyl (C=O) groups excluding carboxylic acids is 2. The lowest BCUT2D eigenvalue weighted by atomic mass is 9.94. The van der Waals surface area contributed by atoms with Crippen LogP contribution in [0.3, 0.4) is 0 Å². The number of likely N-dealkylation sites (tertiary alicyclic amines) is 1. The average molecular weight is 337 g/mol. The molecule has 122 valence electrons. The number of nitrogens with zero attached hydrogens (tertiary/aromatic N) is 3. The number of pyridine rings is 1. The molecular weight excluding hydrogens is 317 g/mol. The van der Waals surface area contributed by atoms with Crippen LogP contribution in [-0.4, -0.2) is 67.9 Å². The third-order valence-electron chi connectivity index (χ3n) is 4.73. The number of amides is 2. The Kier molecular flexibility index (Phi) is 4.98. The summed E-state index contributed by atoms with van der Waals surface area (Å²) < 4.78 is 0.152. The zero-order valence-electron chi connectivity index (χ0n) is 13.9. The van der Waals surface area contributed by atoms with E-state index in [-0.39, 0.29) is 22.6 Å². The Hall–Kier alpha value is -2.16. The largest absolute Gasteiger partial charge is 0.357 e. The molecule has 0 bridgehead atoms. The van der Waals surface area contributed by atoms with Gasteiger partial charge in [-0.1, -0.05) is 30.3 Å². The van der Waals surface area contributed by atoms with Crippen molar-refractivity contribution in [2.45, 2.75) is 12.0 Å². The molecule has 1 aromatic carbocycles. The third kappa shape index (κ3) is 3.35. The highest BCUT2D eigenvalue weighted by Gasteiger charge is 2.39. The molecule has 2 atom stereocenters. The highest BCUT2D eigenvalue weighted by atomic mass is 27.0. The molecule has 1 aliphatic rings. The van der Waals surface area contributed by atoms with Crippen molar-refractivity contribution in [3.8, 4) is 0 Å². The van der Waals surface area contributed by atoms with Crippen LogP contribution in [-0.2, 0) is 0 Å². The van der Waals surface area contributed by atoms with Gasteiger partial charge < -0.3 is 9.80 Å². The van der Waals surface area contributed by atoms with Crippen LogP contribution in [0.25, 0.3) is 0 Å². The summed E-state index contributed by atoms with van der Waals surface area (Å²) in [5.41, 5.74) is 1.81. The molecule has 1 fully saturated rings. The van der Waals surface area contributed by atoms with Crippen LogP contribution in [0.1, 0.15) is 21.8 Å². The zero-order valence-corrected chi connectivity index (χ0v) is 15.9. The molecule has 6 heteroatoms. The first-order chi connectivity index (χ1) is 11.6. The van der Waals surface area contributed by atoms with Crippen LogP contribution in [0.15, 0.2) is 54.9 Å². The molecule has 2 heterocycles. The van der Waals surface area contributed by atoms with Crippen molar-refractivity contribution in [1.29, 1.82) is 0 Å². The number of carbonyl (C=O) groups is 2. The lowest BCUT2D eigenvalue weighted by molar-refractivity contribution is 0.0782. The topological polar surface area (TPSA) is 53.5 Å². The van der Waals surface area contributed by atoms with Crippen LogP contribution in [0.4, 0.5) is 4.79 Å². The fraction of sp³-hybridized carbons (Fsp3) is 0.278. The molecule has 2 unspecified atom stereocenters. The van der Waals surface area contributed by atoms with E-state index in [1.807, 2.05) is 35.0 Å². The Labute approximate surface area is 149 Å². The highest BCUT2D eigenvalue weighted by Crippen LogP contribution is 2.31. The molecule has 5 nitrogen and oxygen atoms in total. The number of benzene rings is 1. The van der Waals surface area contributed by atoms with E-state index in [2.05, 4.69) is 17.1 Å².